The van der Waals surface area contributed by atoms with E-state index in [1.165, 1.54) is 12.1 Å². The van der Waals surface area contributed by atoms with E-state index < -0.39 is 0 Å². The van der Waals surface area contributed by atoms with Gasteiger partial charge in [-0.2, -0.15) is 0 Å². The highest BCUT2D eigenvalue weighted by Gasteiger charge is 2.28. The minimum atomic E-state index is -0.205. The molecule has 1 aromatic rings. The lowest BCUT2D eigenvalue weighted by Gasteiger charge is -2.35. The second kappa shape index (κ2) is 10.3. The number of likely N-dealkylation sites (tertiary alicyclic amines) is 1. The van der Waals surface area contributed by atoms with Gasteiger partial charge in [0.1, 0.15) is 5.75 Å². The van der Waals surface area contributed by atoms with Gasteiger partial charge >= 0.3 is 6.03 Å². The maximum Gasteiger partial charge on any atom is 0.317 e. The fourth-order valence-electron chi connectivity index (χ4n) is 4.09. The Labute approximate surface area is 182 Å². The van der Waals surface area contributed by atoms with Crippen LogP contribution in [-0.4, -0.2) is 78.3 Å². The molecule has 2 aliphatic rings. The number of phenols is 1. The van der Waals surface area contributed by atoms with E-state index in [1.54, 1.807) is 11.0 Å². The number of hydrogen-bond donors (Lipinski definition) is 3. The summed E-state index contributed by atoms with van der Waals surface area (Å²) < 4.78 is 5.73. The Kier molecular flexibility index (Phi) is 7.80. The molecule has 8 nitrogen and oxygen atoms in total. The van der Waals surface area contributed by atoms with Gasteiger partial charge < -0.3 is 25.4 Å². The van der Waals surface area contributed by atoms with Crippen LogP contribution in [-0.2, 0) is 9.53 Å². The zero-order chi connectivity index (χ0) is 21.7. The molecular formula is C21H31ClN4O4. The SMILES string of the molecule is CC1CN(CCNC(=O)N2CCC(C(=O)Nc3cc(Cl)ccc3O)CC2)CC(C)O1. The predicted molar refractivity (Wildman–Crippen MR) is 116 cm³/mol. The molecule has 2 heterocycles. The number of nitrogens with zero attached hydrogens (tertiary/aromatic N) is 2. The summed E-state index contributed by atoms with van der Waals surface area (Å²) in [6.07, 6.45) is 1.59. The highest BCUT2D eigenvalue weighted by Crippen LogP contribution is 2.28. The summed E-state index contributed by atoms with van der Waals surface area (Å²) in [7, 11) is 0. The average Bonchev–Trinajstić information content (AvgIpc) is 2.70. The van der Waals surface area contributed by atoms with Crippen molar-refractivity contribution in [3.63, 3.8) is 0 Å². The summed E-state index contributed by atoms with van der Waals surface area (Å²) in [5, 5.41) is 16.0. The van der Waals surface area contributed by atoms with Gasteiger partial charge in [0.15, 0.2) is 0 Å². The Balaban J connectivity index is 1.38. The summed E-state index contributed by atoms with van der Waals surface area (Å²) in [6, 6.07) is 4.44. The smallest absolute Gasteiger partial charge is 0.317 e. The number of halogens is 1. The molecule has 2 saturated heterocycles. The van der Waals surface area contributed by atoms with Gasteiger partial charge in [-0.25, -0.2) is 4.79 Å². The van der Waals surface area contributed by atoms with Crippen LogP contribution >= 0.6 is 11.6 Å². The lowest BCUT2D eigenvalue weighted by molar-refractivity contribution is -0.121. The highest BCUT2D eigenvalue weighted by molar-refractivity contribution is 6.31. The first kappa shape index (κ1) is 22.7. The van der Waals surface area contributed by atoms with E-state index in [-0.39, 0.29) is 35.8 Å². The first-order valence-corrected chi connectivity index (χ1v) is 10.9. The molecule has 2 unspecified atom stereocenters. The van der Waals surface area contributed by atoms with Crippen molar-refractivity contribution in [2.45, 2.75) is 38.9 Å². The van der Waals surface area contributed by atoms with Gasteiger partial charge in [-0.1, -0.05) is 11.6 Å². The number of anilines is 1. The Morgan fingerprint density at radius 2 is 1.87 bits per heavy atom. The molecule has 0 aliphatic carbocycles. The van der Waals surface area contributed by atoms with Crippen molar-refractivity contribution in [3.8, 4) is 5.75 Å². The fourth-order valence-corrected chi connectivity index (χ4v) is 4.26. The van der Waals surface area contributed by atoms with Crippen LogP contribution in [0, 0.1) is 5.92 Å². The predicted octanol–water partition coefficient (Wildman–Crippen LogP) is 2.51. The maximum atomic E-state index is 12.5. The third-order valence-electron chi connectivity index (χ3n) is 5.57. The Morgan fingerprint density at radius 3 is 2.53 bits per heavy atom. The van der Waals surface area contributed by atoms with Crippen LogP contribution in [0.5, 0.6) is 5.75 Å². The van der Waals surface area contributed by atoms with Crippen molar-refractivity contribution in [2.75, 3.05) is 44.6 Å². The van der Waals surface area contributed by atoms with Gasteiger partial charge in [0, 0.05) is 50.2 Å². The van der Waals surface area contributed by atoms with Crippen molar-refractivity contribution in [1.82, 2.24) is 15.1 Å². The second-order valence-corrected chi connectivity index (χ2v) is 8.60. The number of ether oxygens (including phenoxy) is 1. The second-order valence-electron chi connectivity index (χ2n) is 8.16. The monoisotopic (exact) mass is 438 g/mol. The lowest BCUT2D eigenvalue weighted by atomic mass is 9.96. The third-order valence-corrected chi connectivity index (χ3v) is 5.80. The number of nitrogens with one attached hydrogen (secondary N) is 2. The topological polar surface area (TPSA) is 94.1 Å². The number of amides is 3. The highest BCUT2D eigenvalue weighted by atomic mass is 35.5. The molecule has 166 valence electrons. The van der Waals surface area contributed by atoms with Gasteiger partial charge in [0.25, 0.3) is 0 Å². The first-order chi connectivity index (χ1) is 14.3. The van der Waals surface area contributed by atoms with Crippen LogP contribution in [0.25, 0.3) is 0 Å². The third kappa shape index (κ3) is 6.23. The van der Waals surface area contributed by atoms with E-state index in [0.29, 0.717) is 43.2 Å². The quantitative estimate of drug-likeness (QED) is 0.614. The Bertz CT molecular complexity index is 745. The number of urea groups is 1. The summed E-state index contributed by atoms with van der Waals surface area (Å²) in [5.41, 5.74) is 0.305. The average molecular weight is 439 g/mol. The molecule has 2 aliphatic heterocycles. The molecule has 0 spiro atoms. The number of rotatable bonds is 5. The number of piperidine rings is 1. The van der Waals surface area contributed by atoms with E-state index >= 15 is 0 Å². The van der Waals surface area contributed by atoms with Gasteiger partial charge in [-0.05, 0) is 44.9 Å². The maximum absolute atomic E-state index is 12.5. The molecule has 3 N–H and O–H groups in total. The molecular weight excluding hydrogens is 408 g/mol. The molecule has 0 saturated carbocycles. The molecule has 1 aromatic carbocycles. The van der Waals surface area contributed by atoms with Gasteiger partial charge in [0.05, 0.1) is 17.9 Å². The van der Waals surface area contributed by atoms with Gasteiger partial charge in [-0.15, -0.1) is 0 Å². The van der Waals surface area contributed by atoms with Crippen LogP contribution in [0.2, 0.25) is 5.02 Å². The van der Waals surface area contributed by atoms with Crippen LogP contribution in [0.4, 0.5) is 10.5 Å². The first-order valence-electron chi connectivity index (χ1n) is 10.5. The summed E-state index contributed by atoms with van der Waals surface area (Å²) in [6.45, 7) is 8.32. The summed E-state index contributed by atoms with van der Waals surface area (Å²) >= 11 is 5.92. The Morgan fingerprint density at radius 1 is 1.20 bits per heavy atom. The zero-order valence-electron chi connectivity index (χ0n) is 17.6. The van der Waals surface area contributed by atoms with Crippen molar-refractivity contribution in [1.29, 1.82) is 0 Å². The number of aromatic hydroxyl groups is 1. The van der Waals surface area contributed by atoms with Gasteiger partial charge in [0.2, 0.25) is 5.91 Å². The lowest BCUT2D eigenvalue weighted by Crippen LogP contribution is -2.50. The molecule has 2 atom stereocenters. The van der Waals surface area contributed by atoms with Crippen molar-refractivity contribution < 1.29 is 19.4 Å². The Hall–Kier alpha value is -2.03. The number of hydrogen-bond acceptors (Lipinski definition) is 5. The van der Waals surface area contributed by atoms with E-state index in [4.69, 9.17) is 16.3 Å². The molecule has 0 bridgehead atoms. The molecule has 9 heteroatoms. The standard InChI is InChI=1S/C21H31ClN4O4/c1-14-12-25(13-15(2)30-14)10-7-23-21(29)26-8-5-16(6-9-26)20(28)24-18-11-17(22)3-4-19(18)27/h3-4,11,14-16,27H,5-10,12-13H2,1-2H3,(H,23,29)(H,24,28). The summed E-state index contributed by atoms with van der Waals surface area (Å²) in [5.74, 6) is -0.388. The minimum Gasteiger partial charge on any atom is -0.506 e. The van der Waals surface area contributed by atoms with E-state index in [9.17, 15) is 14.7 Å². The summed E-state index contributed by atoms with van der Waals surface area (Å²) in [4.78, 5) is 29.0. The fraction of sp³-hybridized carbons (Fsp3) is 0.619. The molecule has 2 fully saturated rings. The van der Waals surface area contributed by atoms with Crippen LogP contribution in [0.1, 0.15) is 26.7 Å². The number of phenolic OH excluding ortho intramolecular Hbond substituents is 1. The molecule has 0 radical (unpaired) electrons. The zero-order valence-corrected chi connectivity index (χ0v) is 18.3. The molecule has 3 amide bonds. The number of carbonyl (C=O) groups excluding carboxylic acids is 2. The number of morpholine rings is 1. The number of benzene rings is 1. The molecule has 3 rings (SSSR count). The van der Waals surface area contributed by atoms with Crippen molar-refractivity contribution >= 4 is 29.2 Å². The van der Waals surface area contributed by atoms with Gasteiger partial charge in [-0.3, -0.25) is 9.69 Å². The normalized spacial score (nSPS) is 23.2. The van der Waals surface area contributed by atoms with E-state index in [0.717, 1.165) is 19.6 Å². The van der Waals surface area contributed by atoms with Crippen molar-refractivity contribution in [2.24, 2.45) is 5.92 Å². The van der Waals surface area contributed by atoms with Crippen LogP contribution in [0.15, 0.2) is 18.2 Å². The molecule has 0 aromatic heterocycles. The van der Waals surface area contributed by atoms with Crippen LogP contribution < -0.4 is 10.6 Å². The minimum absolute atomic E-state index is 0.0198. The van der Waals surface area contributed by atoms with E-state index in [2.05, 4.69) is 29.4 Å². The van der Waals surface area contributed by atoms with E-state index in [1.807, 2.05) is 0 Å². The van der Waals surface area contributed by atoms with Crippen LogP contribution in [0.3, 0.4) is 0 Å². The molecule has 30 heavy (non-hydrogen) atoms. The number of carbonyl (C=O) groups is 2. The van der Waals surface area contributed by atoms with Crippen molar-refractivity contribution in [3.05, 3.63) is 23.2 Å². The largest absolute Gasteiger partial charge is 0.506 e.